The molecule has 0 atom stereocenters. The predicted molar refractivity (Wildman–Crippen MR) is 58.5 cm³/mol. The topological polar surface area (TPSA) is 21.3 Å². The lowest BCUT2D eigenvalue weighted by molar-refractivity contribution is 0.0699. The highest BCUT2D eigenvalue weighted by Gasteiger charge is 2.12. The molecule has 2 nitrogen and oxygen atoms in total. The van der Waals surface area contributed by atoms with Gasteiger partial charge in [0.1, 0.15) is 0 Å². The van der Waals surface area contributed by atoms with Crippen LogP contribution >= 0.6 is 0 Å². The van der Waals surface area contributed by atoms with Gasteiger partial charge in [-0.1, -0.05) is 18.2 Å². The minimum absolute atomic E-state index is 0.781. The van der Waals surface area contributed by atoms with Gasteiger partial charge in [-0.3, -0.25) is 0 Å². The Bertz CT molecular complexity index is 254. The van der Waals surface area contributed by atoms with Crippen molar-refractivity contribution in [3.8, 4) is 0 Å². The lowest BCUT2D eigenvalue weighted by Gasteiger charge is -2.22. The van der Waals surface area contributed by atoms with Gasteiger partial charge in [-0.15, -0.1) is 0 Å². The second-order valence-electron chi connectivity index (χ2n) is 3.80. The largest absolute Gasteiger partial charge is 0.385 e. The van der Waals surface area contributed by atoms with Crippen molar-refractivity contribution in [3.05, 3.63) is 30.3 Å². The molecule has 0 unspecified atom stereocenters. The standard InChI is InChI=1S/C12H17NO/c1-2-4-12(5-3-1)13-10-11-6-8-14-9-7-11/h1-5,11,13H,6-10H2. The van der Waals surface area contributed by atoms with Gasteiger partial charge in [0.15, 0.2) is 0 Å². The number of para-hydroxylation sites is 1. The van der Waals surface area contributed by atoms with Crippen LogP contribution in [0.25, 0.3) is 0 Å². The number of benzene rings is 1. The minimum Gasteiger partial charge on any atom is -0.385 e. The van der Waals surface area contributed by atoms with E-state index in [1.807, 2.05) is 6.07 Å². The molecule has 0 aliphatic carbocycles. The first-order valence-electron chi connectivity index (χ1n) is 5.32. The van der Waals surface area contributed by atoms with Crippen LogP contribution in [-0.4, -0.2) is 19.8 Å². The normalized spacial score (nSPS) is 18.0. The van der Waals surface area contributed by atoms with Crippen LogP contribution in [0.1, 0.15) is 12.8 Å². The summed E-state index contributed by atoms with van der Waals surface area (Å²) in [6, 6.07) is 10.4. The third kappa shape index (κ3) is 2.74. The van der Waals surface area contributed by atoms with Gasteiger partial charge in [0.05, 0.1) is 0 Å². The van der Waals surface area contributed by atoms with Gasteiger partial charge in [-0.2, -0.15) is 0 Å². The first-order valence-corrected chi connectivity index (χ1v) is 5.32. The highest BCUT2D eigenvalue weighted by molar-refractivity contribution is 5.42. The van der Waals surface area contributed by atoms with E-state index in [9.17, 15) is 0 Å². The van der Waals surface area contributed by atoms with E-state index in [0.29, 0.717) is 0 Å². The van der Waals surface area contributed by atoms with Gasteiger partial charge in [0, 0.05) is 25.4 Å². The van der Waals surface area contributed by atoms with Crippen LogP contribution in [0, 0.1) is 5.92 Å². The van der Waals surface area contributed by atoms with Crippen molar-refractivity contribution in [2.24, 2.45) is 5.92 Å². The monoisotopic (exact) mass is 191 g/mol. The predicted octanol–water partition coefficient (Wildman–Crippen LogP) is 2.53. The van der Waals surface area contributed by atoms with E-state index >= 15 is 0 Å². The summed E-state index contributed by atoms with van der Waals surface area (Å²) in [6.07, 6.45) is 2.39. The number of rotatable bonds is 3. The van der Waals surface area contributed by atoms with Crippen LogP contribution in [0.3, 0.4) is 0 Å². The quantitative estimate of drug-likeness (QED) is 0.792. The maximum atomic E-state index is 5.32. The molecule has 0 aromatic heterocycles. The summed E-state index contributed by atoms with van der Waals surface area (Å²) in [6.45, 7) is 2.94. The first-order chi connectivity index (χ1) is 6.95. The van der Waals surface area contributed by atoms with Gasteiger partial charge in [-0.05, 0) is 30.9 Å². The Labute approximate surface area is 85.3 Å². The minimum atomic E-state index is 0.781. The van der Waals surface area contributed by atoms with Crippen LogP contribution in [0.4, 0.5) is 5.69 Å². The molecule has 1 aromatic rings. The van der Waals surface area contributed by atoms with E-state index in [2.05, 4.69) is 29.6 Å². The molecule has 1 saturated heterocycles. The molecule has 0 bridgehead atoms. The molecule has 1 heterocycles. The highest BCUT2D eigenvalue weighted by Crippen LogP contribution is 2.15. The summed E-state index contributed by atoms with van der Waals surface area (Å²) in [7, 11) is 0. The van der Waals surface area contributed by atoms with Gasteiger partial charge in [0.2, 0.25) is 0 Å². The van der Waals surface area contributed by atoms with Crippen molar-refractivity contribution in [1.82, 2.24) is 0 Å². The van der Waals surface area contributed by atoms with Gasteiger partial charge in [0.25, 0.3) is 0 Å². The molecule has 1 N–H and O–H groups in total. The fraction of sp³-hybridized carbons (Fsp3) is 0.500. The molecule has 0 radical (unpaired) electrons. The summed E-state index contributed by atoms with van der Waals surface area (Å²) in [5.74, 6) is 0.781. The molecule has 76 valence electrons. The maximum absolute atomic E-state index is 5.32. The van der Waals surface area contributed by atoms with Crippen molar-refractivity contribution in [1.29, 1.82) is 0 Å². The van der Waals surface area contributed by atoms with Crippen molar-refractivity contribution < 1.29 is 4.74 Å². The van der Waals surface area contributed by atoms with Crippen LogP contribution in [0.2, 0.25) is 0 Å². The Balaban J connectivity index is 1.76. The molecular weight excluding hydrogens is 174 g/mol. The van der Waals surface area contributed by atoms with Crippen LogP contribution in [0.15, 0.2) is 30.3 Å². The van der Waals surface area contributed by atoms with Crippen molar-refractivity contribution >= 4 is 5.69 Å². The average Bonchev–Trinajstić information content (AvgIpc) is 2.29. The van der Waals surface area contributed by atoms with E-state index < -0.39 is 0 Å². The first kappa shape index (κ1) is 9.53. The highest BCUT2D eigenvalue weighted by atomic mass is 16.5. The van der Waals surface area contributed by atoms with Crippen molar-refractivity contribution in [3.63, 3.8) is 0 Å². The number of hydrogen-bond acceptors (Lipinski definition) is 2. The van der Waals surface area contributed by atoms with Crippen molar-refractivity contribution in [2.75, 3.05) is 25.1 Å². The van der Waals surface area contributed by atoms with Crippen LogP contribution < -0.4 is 5.32 Å². The third-order valence-electron chi connectivity index (χ3n) is 2.71. The Kier molecular flexibility index (Phi) is 3.41. The summed E-state index contributed by atoms with van der Waals surface area (Å²) in [5.41, 5.74) is 1.22. The van der Waals surface area contributed by atoms with Crippen LogP contribution in [-0.2, 0) is 4.74 Å². The number of ether oxygens (including phenoxy) is 1. The molecule has 1 fully saturated rings. The Morgan fingerprint density at radius 2 is 1.86 bits per heavy atom. The zero-order chi connectivity index (χ0) is 9.64. The number of anilines is 1. The summed E-state index contributed by atoms with van der Waals surface area (Å²) in [4.78, 5) is 0. The van der Waals surface area contributed by atoms with Gasteiger partial charge in [-0.25, -0.2) is 0 Å². The van der Waals surface area contributed by atoms with E-state index in [-0.39, 0.29) is 0 Å². The molecule has 0 spiro atoms. The van der Waals surface area contributed by atoms with E-state index in [0.717, 1.165) is 25.7 Å². The summed E-state index contributed by atoms with van der Waals surface area (Å²) >= 11 is 0. The van der Waals surface area contributed by atoms with E-state index in [4.69, 9.17) is 4.74 Å². The van der Waals surface area contributed by atoms with E-state index in [1.54, 1.807) is 0 Å². The molecule has 1 aromatic carbocycles. The number of nitrogens with one attached hydrogen (secondary N) is 1. The second-order valence-corrected chi connectivity index (χ2v) is 3.80. The Hall–Kier alpha value is -1.02. The molecule has 14 heavy (non-hydrogen) atoms. The fourth-order valence-corrected chi connectivity index (χ4v) is 1.77. The molecule has 1 aliphatic rings. The smallest absolute Gasteiger partial charge is 0.0469 e. The molecule has 2 rings (SSSR count). The van der Waals surface area contributed by atoms with Gasteiger partial charge >= 0.3 is 0 Å². The fourth-order valence-electron chi connectivity index (χ4n) is 1.77. The molecule has 0 amide bonds. The second kappa shape index (κ2) is 5.01. The summed E-state index contributed by atoms with van der Waals surface area (Å²) in [5, 5.41) is 3.46. The molecule has 2 heteroatoms. The zero-order valence-corrected chi connectivity index (χ0v) is 8.41. The Morgan fingerprint density at radius 3 is 2.57 bits per heavy atom. The summed E-state index contributed by atoms with van der Waals surface area (Å²) < 4.78 is 5.32. The molecule has 1 aliphatic heterocycles. The van der Waals surface area contributed by atoms with Crippen LogP contribution in [0.5, 0.6) is 0 Å². The van der Waals surface area contributed by atoms with E-state index in [1.165, 1.54) is 18.5 Å². The Morgan fingerprint density at radius 1 is 1.14 bits per heavy atom. The number of hydrogen-bond donors (Lipinski definition) is 1. The molecular formula is C12H17NO. The average molecular weight is 191 g/mol. The maximum Gasteiger partial charge on any atom is 0.0469 e. The van der Waals surface area contributed by atoms with Gasteiger partial charge < -0.3 is 10.1 Å². The zero-order valence-electron chi connectivity index (χ0n) is 8.41. The molecule has 0 saturated carbocycles. The van der Waals surface area contributed by atoms with Crippen molar-refractivity contribution in [2.45, 2.75) is 12.8 Å². The lowest BCUT2D eigenvalue weighted by atomic mass is 10.0. The third-order valence-corrected chi connectivity index (χ3v) is 2.71. The SMILES string of the molecule is c1ccc(NCC2CCOCC2)cc1. The lowest BCUT2D eigenvalue weighted by Crippen LogP contribution is -2.22.